The quantitative estimate of drug-likeness (QED) is 0.0877. The number of rotatable bonds is 16. The molecule has 0 aliphatic carbocycles. The number of fused-ring (bicyclic) bond motifs is 1. The van der Waals surface area contributed by atoms with Crippen LogP contribution in [0.1, 0.15) is 66.2 Å². The number of anilines is 1. The lowest BCUT2D eigenvalue weighted by atomic mass is 9.95. The van der Waals surface area contributed by atoms with Crippen LogP contribution in [-0.4, -0.2) is 64.6 Å². The summed E-state index contributed by atoms with van der Waals surface area (Å²) >= 11 is 0. The first kappa shape index (κ1) is 38.3. The van der Waals surface area contributed by atoms with Gasteiger partial charge in [-0.3, -0.25) is 18.9 Å². The van der Waals surface area contributed by atoms with E-state index in [1.165, 1.54) is 29.8 Å². The summed E-state index contributed by atoms with van der Waals surface area (Å²) in [6, 6.07) is 13.8. The number of ether oxygens (including phenoxy) is 4. The van der Waals surface area contributed by atoms with Gasteiger partial charge >= 0.3 is 25.7 Å². The second-order valence-electron chi connectivity index (χ2n) is 12.5. The summed E-state index contributed by atoms with van der Waals surface area (Å²) in [5.41, 5.74) is 5.16. The molecule has 6 atom stereocenters. The van der Waals surface area contributed by atoms with E-state index in [9.17, 15) is 24.2 Å². The molecule has 1 aliphatic rings. The molecule has 3 aromatic rings. The fraction of sp³-hybridized carbons (Fsp3) is 0.500. The van der Waals surface area contributed by atoms with Crippen molar-refractivity contribution >= 4 is 36.9 Å². The Morgan fingerprint density at radius 3 is 2.36 bits per heavy atom. The average Bonchev–Trinajstić information content (AvgIpc) is 3.64. The number of nitrogens with two attached hydrogens (primary N) is 1. The van der Waals surface area contributed by atoms with Crippen molar-refractivity contribution in [2.24, 2.45) is 11.8 Å². The highest BCUT2D eigenvalue weighted by atomic mass is 31.2. The Hall–Kier alpha value is -4.48. The van der Waals surface area contributed by atoms with Gasteiger partial charge in [-0.15, -0.1) is 0 Å². The number of hydrogen-bond donors (Lipinski definition) is 2. The van der Waals surface area contributed by atoms with Gasteiger partial charge in [0.25, 0.3) is 0 Å². The van der Waals surface area contributed by atoms with E-state index in [-0.39, 0.29) is 12.4 Å². The van der Waals surface area contributed by atoms with Gasteiger partial charge < -0.3 is 29.2 Å². The monoisotopic (exact) mass is 713 g/mol. The van der Waals surface area contributed by atoms with Crippen LogP contribution >= 0.6 is 7.75 Å². The molecule has 0 saturated carbocycles. The lowest BCUT2D eigenvalue weighted by Crippen LogP contribution is -2.50. The molecule has 2 aromatic heterocycles. The Balaban J connectivity index is 1.77. The molecule has 1 saturated heterocycles. The van der Waals surface area contributed by atoms with Crippen molar-refractivity contribution in [1.29, 1.82) is 5.26 Å². The first-order valence-electron chi connectivity index (χ1n) is 16.4. The van der Waals surface area contributed by atoms with E-state index in [1.54, 1.807) is 64.1 Å². The second kappa shape index (κ2) is 16.5. The van der Waals surface area contributed by atoms with Gasteiger partial charge in [0.05, 0.1) is 35.3 Å². The molecule has 3 heterocycles. The predicted molar refractivity (Wildman–Crippen MR) is 180 cm³/mol. The average molecular weight is 714 g/mol. The maximum Gasteiger partial charge on any atom is 0.459 e. The van der Waals surface area contributed by atoms with Crippen molar-refractivity contribution in [3.05, 3.63) is 60.4 Å². The Bertz CT molecular complexity index is 1740. The highest BCUT2D eigenvalue weighted by Gasteiger charge is 2.62. The minimum atomic E-state index is -4.53. The van der Waals surface area contributed by atoms with E-state index in [0.717, 1.165) is 6.42 Å². The van der Waals surface area contributed by atoms with Gasteiger partial charge in [0.1, 0.15) is 30.6 Å². The molecule has 1 aromatic carbocycles. The van der Waals surface area contributed by atoms with Crippen LogP contribution in [0.2, 0.25) is 0 Å². The van der Waals surface area contributed by atoms with Gasteiger partial charge in [0.15, 0.2) is 12.2 Å². The van der Waals surface area contributed by atoms with E-state index < -0.39 is 74.1 Å². The highest BCUT2D eigenvalue weighted by molar-refractivity contribution is 7.52. The van der Waals surface area contributed by atoms with Crippen LogP contribution in [0.25, 0.3) is 5.52 Å². The standard InChI is InChI=1S/C34H44N5O10P/c1-7-8-18-44-33(42)23(6)38-50(43,49-24-12-10-9-11-13-24)45-20-34(19-35)30(47-32(41)22(4)5)29(46-31(40)21(2)3)28(48-34)27-15-14-26-25(36)16-17-37-39(26)27/h9-17,21-23,28-30H,7-8,18,20,36H2,1-6H3,(H,38,43)/t23-,28-,29-,30-,34+,50+/m0/s1. The van der Waals surface area contributed by atoms with E-state index >= 15 is 0 Å². The van der Waals surface area contributed by atoms with Crippen LogP contribution in [0.15, 0.2) is 54.7 Å². The fourth-order valence-electron chi connectivity index (χ4n) is 4.97. The Labute approximate surface area is 290 Å². The molecule has 3 N–H and O–H groups in total. The minimum absolute atomic E-state index is 0.126. The summed E-state index contributed by atoms with van der Waals surface area (Å²) in [5.74, 6) is -3.23. The number of nitrogen functional groups attached to an aromatic ring is 1. The molecule has 4 rings (SSSR count). The van der Waals surface area contributed by atoms with Gasteiger partial charge in [-0.2, -0.15) is 15.4 Å². The number of unbranched alkanes of at least 4 members (excludes halogenated alkanes) is 1. The van der Waals surface area contributed by atoms with Crippen LogP contribution in [0.5, 0.6) is 5.75 Å². The third kappa shape index (κ3) is 8.81. The minimum Gasteiger partial charge on any atom is -0.465 e. The third-order valence-electron chi connectivity index (χ3n) is 7.79. The van der Waals surface area contributed by atoms with E-state index in [0.29, 0.717) is 23.3 Å². The molecular weight excluding hydrogens is 669 g/mol. The molecule has 0 unspecified atom stereocenters. The molecule has 0 spiro atoms. The van der Waals surface area contributed by atoms with Crippen molar-refractivity contribution in [3.63, 3.8) is 0 Å². The number of hydrogen-bond acceptors (Lipinski definition) is 13. The SMILES string of the molecule is CCCCOC(=O)[C@H](C)N[P@@](=O)(OC[C@@]1(C#N)O[C@@H](c2ccc3c(N)ccnn23)[C@H](OC(=O)C(C)C)[C@@H]1OC(=O)C(C)C)Oc1ccccc1. The zero-order valence-electron chi connectivity index (χ0n) is 28.9. The first-order valence-corrected chi connectivity index (χ1v) is 17.9. The summed E-state index contributed by atoms with van der Waals surface area (Å²) in [4.78, 5) is 39.0. The van der Waals surface area contributed by atoms with Gasteiger partial charge in [0, 0.05) is 6.20 Å². The van der Waals surface area contributed by atoms with Crippen LogP contribution in [0, 0.1) is 23.2 Å². The maximum atomic E-state index is 14.4. The summed E-state index contributed by atoms with van der Waals surface area (Å²) in [7, 11) is -4.53. The van der Waals surface area contributed by atoms with E-state index in [4.69, 9.17) is 33.7 Å². The van der Waals surface area contributed by atoms with Gasteiger partial charge in [-0.05, 0) is 43.7 Å². The smallest absolute Gasteiger partial charge is 0.459 e. The molecule has 16 heteroatoms. The molecular formula is C34H44N5O10P. The zero-order valence-corrected chi connectivity index (χ0v) is 29.8. The van der Waals surface area contributed by atoms with Crippen molar-refractivity contribution < 1.29 is 46.9 Å². The number of para-hydroxylation sites is 1. The van der Waals surface area contributed by atoms with Crippen molar-refractivity contribution in [3.8, 4) is 11.8 Å². The second-order valence-corrected chi connectivity index (χ2v) is 14.2. The summed E-state index contributed by atoms with van der Waals surface area (Å²) in [5, 5.41) is 17.7. The zero-order chi connectivity index (χ0) is 36.6. The highest BCUT2D eigenvalue weighted by Crippen LogP contribution is 2.50. The van der Waals surface area contributed by atoms with E-state index in [2.05, 4.69) is 10.2 Å². The third-order valence-corrected chi connectivity index (χ3v) is 9.42. The maximum absolute atomic E-state index is 14.4. The molecule has 1 aliphatic heterocycles. The number of benzene rings is 1. The van der Waals surface area contributed by atoms with Gasteiger partial charge in [-0.25, -0.2) is 9.08 Å². The number of carbonyl (C=O) groups is 3. The molecule has 0 bridgehead atoms. The van der Waals surface area contributed by atoms with Gasteiger partial charge in [0.2, 0.25) is 5.60 Å². The molecule has 270 valence electrons. The lowest BCUT2D eigenvalue weighted by molar-refractivity contribution is -0.173. The largest absolute Gasteiger partial charge is 0.465 e. The lowest BCUT2D eigenvalue weighted by Gasteiger charge is -2.31. The van der Waals surface area contributed by atoms with E-state index in [1.807, 2.05) is 13.0 Å². The van der Waals surface area contributed by atoms with Crippen LogP contribution in [0.3, 0.4) is 0 Å². The Morgan fingerprint density at radius 1 is 1.04 bits per heavy atom. The number of nitriles is 1. The topological polar surface area (TPSA) is 203 Å². The molecule has 0 radical (unpaired) electrons. The molecule has 15 nitrogen and oxygen atoms in total. The number of aromatic nitrogens is 2. The van der Waals surface area contributed by atoms with Crippen molar-refractivity contribution in [2.75, 3.05) is 18.9 Å². The van der Waals surface area contributed by atoms with Crippen LogP contribution < -0.4 is 15.3 Å². The number of carbonyl (C=O) groups excluding carboxylic acids is 3. The molecule has 0 amide bonds. The first-order chi connectivity index (χ1) is 23.7. The van der Waals surface area contributed by atoms with Crippen LogP contribution in [-0.2, 0) is 42.4 Å². The normalized spacial score (nSPS) is 22.1. The van der Waals surface area contributed by atoms with Crippen molar-refractivity contribution in [2.45, 2.75) is 84.3 Å². The van der Waals surface area contributed by atoms with Gasteiger partial charge in [-0.1, -0.05) is 59.2 Å². The van der Waals surface area contributed by atoms with Crippen LogP contribution in [0.4, 0.5) is 5.69 Å². The van der Waals surface area contributed by atoms with Crippen molar-refractivity contribution in [1.82, 2.24) is 14.7 Å². The Kier molecular flexibility index (Phi) is 12.6. The molecule has 50 heavy (non-hydrogen) atoms. The number of nitrogens with zero attached hydrogens (tertiary/aromatic N) is 3. The predicted octanol–water partition coefficient (Wildman–Crippen LogP) is 4.91. The number of esters is 3. The Morgan fingerprint density at radius 2 is 1.72 bits per heavy atom. The fourth-order valence-corrected chi connectivity index (χ4v) is 6.49. The summed E-state index contributed by atoms with van der Waals surface area (Å²) in [6.45, 7) is 9.12. The number of nitrogens with one attached hydrogen (secondary N) is 1. The summed E-state index contributed by atoms with van der Waals surface area (Å²) < 4.78 is 51.0. The summed E-state index contributed by atoms with van der Waals surface area (Å²) in [6.07, 6.45) is -1.35. The molecule has 1 fully saturated rings.